The van der Waals surface area contributed by atoms with E-state index in [4.69, 9.17) is 0 Å². The fourth-order valence-electron chi connectivity index (χ4n) is 2.29. The minimum Gasteiger partial charge on any atom is -0.265 e. The molecule has 0 unspecified atom stereocenters. The SMILES string of the molecule is Cc1nc2cc3[nH]nc(C(C)(C)C)c(=O)n3n2c1C. The van der Waals surface area contributed by atoms with Gasteiger partial charge in [-0.2, -0.15) is 9.61 Å². The third-order valence-corrected chi connectivity index (χ3v) is 3.42. The topological polar surface area (TPSA) is 67.5 Å². The van der Waals surface area contributed by atoms with Crippen LogP contribution in [0.25, 0.3) is 11.3 Å². The van der Waals surface area contributed by atoms with Gasteiger partial charge in [0.05, 0.1) is 11.4 Å². The van der Waals surface area contributed by atoms with Gasteiger partial charge in [0.25, 0.3) is 5.56 Å². The summed E-state index contributed by atoms with van der Waals surface area (Å²) in [6.45, 7) is 9.82. The highest BCUT2D eigenvalue weighted by atomic mass is 16.1. The summed E-state index contributed by atoms with van der Waals surface area (Å²) in [6.07, 6.45) is 0. The van der Waals surface area contributed by atoms with Gasteiger partial charge in [-0.05, 0) is 13.8 Å². The van der Waals surface area contributed by atoms with E-state index in [0.29, 0.717) is 11.3 Å². The molecule has 0 amide bonds. The molecule has 3 rings (SSSR count). The Morgan fingerprint density at radius 2 is 1.89 bits per heavy atom. The molecule has 19 heavy (non-hydrogen) atoms. The molecule has 0 spiro atoms. The fraction of sp³-hybridized carbons (Fsp3) is 0.462. The van der Waals surface area contributed by atoms with Crippen LogP contribution in [-0.2, 0) is 5.41 Å². The summed E-state index contributed by atoms with van der Waals surface area (Å²) in [7, 11) is 0. The molecule has 6 heteroatoms. The van der Waals surface area contributed by atoms with Crippen LogP contribution < -0.4 is 5.56 Å². The van der Waals surface area contributed by atoms with E-state index in [0.717, 1.165) is 17.0 Å². The largest absolute Gasteiger partial charge is 0.295 e. The highest BCUT2D eigenvalue weighted by molar-refractivity contribution is 5.55. The Bertz CT molecular complexity index is 844. The number of nitrogens with one attached hydrogen (secondary N) is 1. The molecule has 0 radical (unpaired) electrons. The quantitative estimate of drug-likeness (QED) is 0.666. The molecule has 0 aliphatic rings. The van der Waals surface area contributed by atoms with Gasteiger partial charge in [-0.1, -0.05) is 20.8 Å². The lowest BCUT2D eigenvalue weighted by Gasteiger charge is -2.16. The summed E-state index contributed by atoms with van der Waals surface area (Å²) in [4.78, 5) is 17.1. The number of aromatic amines is 1. The van der Waals surface area contributed by atoms with Crippen LogP contribution in [0.5, 0.6) is 0 Å². The van der Waals surface area contributed by atoms with Gasteiger partial charge in [0.2, 0.25) is 0 Å². The molecule has 0 aromatic carbocycles. The van der Waals surface area contributed by atoms with Crippen molar-refractivity contribution in [2.75, 3.05) is 0 Å². The van der Waals surface area contributed by atoms with Gasteiger partial charge < -0.3 is 0 Å². The van der Waals surface area contributed by atoms with Crippen molar-refractivity contribution in [2.24, 2.45) is 0 Å². The van der Waals surface area contributed by atoms with E-state index >= 15 is 0 Å². The molecule has 0 aliphatic carbocycles. The summed E-state index contributed by atoms with van der Waals surface area (Å²) in [5, 5.41) is 7.15. The maximum atomic E-state index is 12.6. The molecule has 3 aromatic rings. The molecule has 0 aliphatic heterocycles. The number of imidazole rings is 1. The van der Waals surface area contributed by atoms with Crippen molar-refractivity contribution in [3.8, 4) is 0 Å². The third kappa shape index (κ3) is 1.52. The molecule has 0 bridgehead atoms. The predicted octanol–water partition coefficient (Wildman–Crippen LogP) is 1.58. The summed E-state index contributed by atoms with van der Waals surface area (Å²) in [5.41, 5.74) is 3.42. The second kappa shape index (κ2) is 3.46. The number of H-pyrrole nitrogens is 1. The van der Waals surface area contributed by atoms with E-state index in [9.17, 15) is 4.79 Å². The van der Waals surface area contributed by atoms with Gasteiger partial charge in [-0.15, -0.1) is 0 Å². The van der Waals surface area contributed by atoms with E-state index in [2.05, 4.69) is 15.2 Å². The van der Waals surface area contributed by atoms with E-state index in [1.165, 1.54) is 0 Å². The summed E-state index contributed by atoms with van der Waals surface area (Å²) >= 11 is 0. The molecular formula is C13H17N5O. The van der Waals surface area contributed by atoms with Gasteiger partial charge in [-0.25, -0.2) is 9.50 Å². The normalized spacial score (nSPS) is 12.7. The van der Waals surface area contributed by atoms with Crippen molar-refractivity contribution in [3.05, 3.63) is 33.5 Å². The maximum absolute atomic E-state index is 12.6. The van der Waals surface area contributed by atoms with Crippen molar-refractivity contribution in [1.29, 1.82) is 0 Å². The Morgan fingerprint density at radius 3 is 2.53 bits per heavy atom. The van der Waals surface area contributed by atoms with Gasteiger partial charge in [-0.3, -0.25) is 9.89 Å². The number of aromatic nitrogens is 5. The van der Waals surface area contributed by atoms with Gasteiger partial charge in [0.1, 0.15) is 5.69 Å². The van der Waals surface area contributed by atoms with Crippen LogP contribution in [0.15, 0.2) is 10.9 Å². The average molecular weight is 259 g/mol. The molecule has 1 N–H and O–H groups in total. The smallest absolute Gasteiger partial charge is 0.265 e. The second-order valence-electron chi connectivity index (χ2n) is 5.92. The molecule has 3 aromatic heterocycles. The standard InChI is InChI=1S/C13H17N5O/c1-7-8(2)17-9(14-7)6-10-15-16-11(13(3,4)5)12(19)18(10)17/h6,15H,1-5H3. The van der Waals surface area contributed by atoms with Crippen LogP contribution in [0.3, 0.4) is 0 Å². The first-order valence-corrected chi connectivity index (χ1v) is 6.27. The molecule has 0 fully saturated rings. The summed E-state index contributed by atoms with van der Waals surface area (Å²) in [5.74, 6) is 0. The van der Waals surface area contributed by atoms with E-state index in [1.807, 2.05) is 45.2 Å². The fourth-order valence-corrected chi connectivity index (χ4v) is 2.29. The van der Waals surface area contributed by atoms with Crippen LogP contribution in [0.2, 0.25) is 0 Å². The first-order valence-electron chi connectivity index (χ1n) is 6.27. The van der Waals surface area contributed by atoms with Crippen molar-refractivity contribution in [2.45, 2.75) is 40.0 Å². The van der Waals surface area contributed by atoms with E-state index in [1.54, 1.807) is 4.52 Å². The van der Waals surface area contributed by atoms with E-state index < -0.39 is 0 Å². The van der Waals surface area contributed by atoms with Gasteiger partial charge >= 0.3 is 0 Å². The lowest BCUT2D eigenvalue weighted by Crippen LogP contribution is -2.31. The molecule has 0 atom stereocenters. The van der Waals surface area contributed by atoms with Crippen molar-refractivity contribution in [3.63, 3.8) is 0 Å². The highest BCUT2D eigenvalue weighted by Gasteiger charge is 2.23. The van der Waals surface area contributed by atoms with Gasteiger partial charge in [0.15, 0.2) is 11.3 Å². The summed E-state index contributed by atoms with van der Waals surface area (Å²) in [6, 6.07) is 1.83. The number of hydrogen-bond acceptors (Lipinski definition) is 3. The van der Waals surface area contributed by atoms with Crippen LogP contribution in [0.1, 0.15) is 37.9 Å². The second-order valence-corrected chi connectivity index (χ2v) is 5.92. The van der Waals surface area contributed by atoms with Crippen LogP contribution in [-0.4, -0.2) is 24.2 Å². The Morgan fingerprint density at radius 1 is 1.21 bits per heavy atom. The number of rotatable bonds is 0. The molecule has 100 valence electrons. The van der Waals surface area contributed by atoms with Gasteiger partial charge in [0, 0.05) is 11.5 Å². The number of aryl methyl sites for hydroxylation is 2. The first kappa shape index (κ1) is 12.0. The van der Waals surface area contributed by atoms with Crippen LogP contribution in [0, 0.1) is 13.8 Å². The zero-order valence-corrected chi connectivity index (χ0v) is 11.8. The molecule has 3 heterocycles. The van der Waals surface area contributed by atoms with Crippen LogP contribution in [0.4, 0.5) is 0 Å². The Balaban J connectivity index is 2.54. The van der Waals surface area contributed by atoms with Crippen LogP contribution >= 0.6 is 0 Å². The zero-order chi connectivity index (χ0) is 13.9. The van der Waals surface area contributed by atoms with Crippen molar-refractivity contribution in [1.82, 2.24) is 24.2 Å². The monoisotopic (exact) mass is 259 g/mol. The van der Waals surface area contributed by atoms with Crippen molar-refractivity contribution >= 4 is 11.3 Å². The summed E-state index contributed by atoms with van der Waals surface area (Å²) < 4.78 is 3.44. The maximum Gasteiger partial charge on any atom is 0.295 e. The Labute approximate surface area is 110 Å². The predicted molar refractivity (Wildman–Crippen MR) is 72.7 cm³/mol. The Hall–Kier alpha value is -2.11. The minimum absolute atomic E-state index is 0.100. The lowest BCUT2D eigenvalue weighted by molar-refractivity contribution is 0.539. The minimum atomic E-state index is -0.304. The van der Waals surface area contributed by atoms with Crippen molar-refractivity contribution < 1.29 is 0 Å². The molecular weight excluding hydrogens is 242 g/mol. The van der Waals surface area contributed by atoms with E-state index in [-0.39, 0.29) is 11.0 Å². The number of nitrogens with zero attached hydrogens (tertiary/aromatic N) is 4. The molecule has 6 nitrogen and oxygen atoms in total. The first-order chi connectivity index (χ1) is 8.80. The third-order valence-electron chi connectivity index (χ3n) is 3.42. The number of hydrogen-bond donors (Lipinski definition) is 1. The highest BCUT2D eigenvalue weighted by Crippen LogP contribution is 2.17. The lowest BCUT2D eigenvalue weighted by atomic mass is 9.93. The average Bonchev–Trinajstić information content (AvgIpc) is 2.76. The molecule has 0 saturated heterocycles. The zero-order valence-electron chi connectivity index (χ0n) is 11.8. The molecule has 0 saturated carbocycles. The Kier molecular flexibility index (Phi) is 2.18. The number of fused-ring (bicyclic) bond motifs is 3.